The van der Waals surface area contributed by atoms with Gasteiger partial charge in [0.25, 0.3) is 0 Å². The number of amides is 2. The Hall–Kier alpha value is -2.53. The zero-order valence-corrected chi connectivity index (χ0v) is 15.6. The highest BCUT2D eigenvalue weighted by Crippen LogP contribution is 2.23. The second-order valence-corrected chi connectivity index (χ2v) is 5.27. The highest BCUT2D eigenvalue weighted by Gasteiger charge is 2.13. The van der Waals surface area contributed by atoms with Crippen molar-refractivity contribution in [1.29, 1.82) is 0 Å². The number of hydrogen-bond donors (Lipinski definition) is 4. The summed E-state index contributed by atoms with van der Waals surface area (Å²) >= 11 is 10.1. The number of aromatic nitrogens is 1. The Morgan fingerprint density at radius 2 is 1.56 bits per heavy atom. The Bertz CT molecular complexity index is 669. The summed E-state index contributed by atoms with van der Waals surface area (Å²) in [5.74, 6) is 0.315. The van der Waals surface area contributed by atoms with Crippen molar-refractivity contribution in [3.05, 3.63) is 17.8 Å². The van der Waals surface area contributed by atoms with Gasteiger partial charge in [-0.2, -0.15) is 0 Å². The maximum Gasteiger partial charge on any atom is 0.413 e. The molecule has 4 N–H and O–H groups in total. The SMILES string of the molecule is CCOC(=O)NC(=S)Nc1nccc(C)c1NC(=S)NC(=O)OCC. The average Bonchev–Trinajstić information content (AvgIpc) is 2.50. The maximum absolute atomic E-state index is 11.4. The fraction of sp³-hybridized carbons (Fsp3) is 0.357. The first-order valence-corrected chi connectivity index (χ1v) is 8.14. The fourth-order valence-electron chi connectivity index (χ4n) is 1.61. The average molecular weight is 385 g/mol. The van der Waals surface area contributed by atoms with Gasteiger partial charge in [0.2, 0.25) is 0 Å². The van der Waals surface area contributed by atoms with Gasteiger partial charge in [-0.3, -0.25) is 10.6 Å². The van der Waals surface area contributed by atoms with Crippen LogP contribution in [0.1, 0.15) is 19.4 Å². The van der Waals surface area contributed by atoms with Crippen molar-refractivity contribution in [2.75, 3.05) is 23.8 Å². The number of anilines is 2. The van der Waals surface area contributed by atoms with E-state index >= 15 is 0 Å². The van der Waals surface area contributed by atoms with E-state index in [1.165, 1.54) is 0 Å². The van der Waals surface area contributed by atoms with E-state index in [9.17, 15) is 9.59 Å². The van der Waals surface area contributed by atoms with E-state index < -0.39 is 12.2 Å². The number of alkyl carbamates (subject to hydrolysis) is 2. The minimum Gasteiger partial charge on any atom is -0.450 e. The summed E-state index contributed by atoms with van der Waals surface area (Å²) in [6.45, 7) is 5.61. The lowest BCUT2D eigenvalue weighted by Gasteiger charge is -2.16. The van der Waals surface area contributed by atoms with Crippen molar-refractivity contribution < 1.29 is 19.1 Å². The first-order chi connectivity index (χ1) is 11.9. The molecule has 1 aromatic rings. The summed E-state index contributed by atoms with van der Waals surface area (Å²) in [5.41, 5.74) is 1.27. The molecule has 2 amide bonds. The quantitative estimate of drug-likeness (QED) is 0.580. The number of carbonyl (C=O) groups excluding carboxylic acids is 2. The molecule has 0 radical (unpaired) electrons. The van der Waals surface area contributed by atoms with Gasteiger partial charge in [-0.05, 0) is 56.8 Å². The number of carbonyl (C=O) groups is 2. The number of nitrogens with one attached hydrogen (secondary N) is 4. The number of rotatable bonds is 4. The smallest absolute Gasteiger partial charge is 0.413 e. The van der Waals surface area contributed by atoms with Crippen molar-refractivity contribution in [3.63, 3.8) is 0 Å². The standard InChI is InChI=1S/C14H19N5O4S2/c1-4-22-13(20)18-11(24)16-9-8(3)6-7-15-10(9)17-12(25)19-14(21)23-5-2/h6-7H,4-5H2,1-3H3,(H2,16,18,20,24)(H2,15,17,19,21,25). The molecule has 11 heteroatoms. The lowest BCUT2D eigenvalue weighted by Crippen LogP contribution is -2.36. The first kappa shape index (κ1) is 20.5. The minimum atomic E-state index is -0.679. The summed E-state index contributed by atoms with van der Waals surface area (Å²) in [6, 6.07) is 1.74. The first-order valence-electron chi connectivity index (χ1n) is 7.32. The normalized spacial score (nSPS) is 9.56. The summed E-state index contributed by atoms with van der Waals surface area (Å²) < 4.78 is 9.49. The van der Waals surface area contributed by atoms with Crippen LogP contribution < -0.4 is 21.3 Å². The second kappa shape index (κ2) is 10.4. The molecule has 0 bridgehead atoms. The van der Waals surface area contributed by atoms with Gasteiger partial charge in [-0.1, -0.05) is 0 Å². The Labute approximate surface area is 155 Å². The van der Waals surface area contributed by atoms with E-state index in [1.54, 1.807) is 26.1 Å². The number of pyridine rings is 1. The summed E-state index contributed by atoms with van der Waals surface area (Å²) in [4.78, 5) is 26.9. The molecule has 0 aliphatic heterocycles. The van der Waals surface area contributed by atoms with E-state index in [0.717, 1.165) is 5.56 Å². The topological polar surface area (TPSA) is 114 Å². The van der Waals surface area contributed by atoms with E-state index in [-0.39, 0.29) is 23.4 Å². The third-order valence-electron chi connectivity index (χ3n) is 2.61. The number of aryl methyl sites for hydroxylation is 1. The molecule has 0 aromatic carbocycles. The third kappa shape index (κ3) is 7.27. The van der Waals surface area contributed by atoms with E-state index in [4.69, 9.17) is 33.9 Å². The van der Waals surface area contributed by atoms with Crippen LogP contribution in [-0.4, -0.2) is 40.6 Å². The predicted octanol–water partition coefficient (Wildman–Crippen LogP) is 2.28. The number of hydrogen-bond acceptors (Lipinski definition) is 7. The van der Waals surface area contributed by atoms with Crippen LogP contribution in [0.15, 0.2) is 12.3 Å². The van der Waals surface area contributed by atoms with Crippen LogP contribution in [0.25, 0.3) is 0 Å². The molecular formula is C14H19N5O4S2. The van der Waals surface area contributed by atoms with Crippen molar-refractivity contribution >= 4 is 58.4 Å². The molecule has 9 nitrogen and oxygen atoms in total. The molecule has 1 rings (SSSR count). The van der Waals surface area contributed by atoms with E-state index in [0.29, 0.717) is 11.5 Å². The lowest BCUT2D eigenvalue weighted by atomic mass is 10.2. The van der Waals surface area contributed by atoms with Crippen LogP contribution in [-0.2, 0) is 9.47 Å². The molecule has 136 valence electrons. The van der Waals surface area contributed by atoms with Crippen LogP contribution in [0.5, 0.6) is 0 Å². The molecule has 0 spiro atoms. The molecule has 0 aliphatic rings. The molecule has 0 saturated carbocycles. The van der Waals surface area contributed by atoms with Gasteiger partial charge in [-0.15, -0.1) is 0 Å². The van der Waals surface area contributed by atoms with Crippen LogP contribution in [0.4, 0.5) is 21.1 Å². The zero-order chi connectivity index (χ0) is 18.8. The van der Waals surface area contributed by atoms with Crippen molar-refractivity contribution in [2.24, 2.45) is 0 Å². The van der Waals surface area contributed by atoms with Gasteiger partial charge in [0.15, 0.2) is 16.0 Å². The molecule has 0 atom stereocenters. The highest BCUT2D eigenvalue weighted by molar-refractivity contribution is 7.80. The monoisotopic (exact) mass is 385 g/mol. The third-order valence-corrected chi connectivity index (χ3v) is 3.02. The van der Waals surface area contributed by atoms with Crippen molar-refractivity contribution in [1.82, 2.24) is 15.6 Å². The zero-order valence-electron chi connectivity index (χ0n) is 14.0. The van der Waals surface area contributed by atoms with Crippen molar-refractivity contribution in [2.45, 2.75) is 20.8 Å². The molecular weight excluding hydrogens is 366 g/mol. The van der Waals surface area contributed by atoms with Crippen LogP contribution in [0, 0.1) is 6.92 Å². The van der Waals surface area contributed by atoms with Gasteiger partial charge < -0.3 is 20.1 Å². The molecule has 0 fully saturated rings. The van der Waals surface area contributed by atoms with Gasteiger partial charge in [-0.25, -0.2) is 14.6 Å². The van der Waals surface area contributed by atoms with Gasteiger partial charge in [0.1, 0.15) is 0 Å². The van der Waals surface area contributed by atoms with E-state index in [2.05, 4.69) is 26.3 Å². The number of ether oxygens (including phenoxy) is 2. The molecule has 1 aromatic heterocycles. The van der Waals surface area contributed by atoms with Gasteiger partial charge in [0.05, 0.1) is 18.9 Å². The number of nitrogens with zero attached hydrogens (tertiary/aromatic N) is 1. The maximum atomic E-state index is 11.4. The Morgan fingerprint density at radius 1 is 1.04 bits per heavy atom. The molecule has 0 aliphatic carbocycles. The molecule has 1 heterocycles. The Balaban J connectivity index is 2.80. The molecule has 0 saturated heterocycles. The predicted molar refractivity (Wildman–Crippen MR) is 102 cm³/mol. The van der Waals surface area contributed by atoms with Gasteiger partial charge >= 0.3 is 12.2 Å². The van der Waals surface area contributed by atoms with Crippen LogP contribution in [0.3, 0.4) is 0 Å². The largest absolute Gasteiger partial charge is 0.450 e. The second-order valence-electron chi connectivity index (χ2n) is 4.45. The summed E-state index contributed by atoms with van der Waals surface area (Å²) in [5, 5.41) is 10.4. The minimum absolute atomic E-state index is 0.00358. The van der Waals surface area contributed by atoms with Crippen LogP contribution >= 0.6 is 24.4 Å². The van der Waals surface area contributed by atoms with Crippen molar-refractivity contribution in [3.8, 4) is 0 Å². The highest BCUT2D eigenvalue weighted by atomic mass is 32.1. The fourth-order valence-corrected chi connectivity index (χ4v) is 1.98. The molecule has 25 heavy (non-hydrogen) atoms. The van der Waals surface area contributed by atoms with Crippen LogP contribution in [0.2, 0.25) is 0 Å². The number of thiocarbonyl (C=S) groups is 2. The lowest BCUT2D eigenvalue weighted by molar-refractivity contribution is 0.157. The van der Waals surface area contributed by atoms with E-state index in [1.807, 2.05) is 6.92 Å². The Morgan fingerprint density at radius 3 is 2.08 bits per heavy atom. The molecule has 0 unspecified atom stereocenters. The summed E-state index contributed by atoms with van der Waals surface area (Å²) in [6.07, 6.45) is 0.203. The van der Waals surface area contributed by atoms with Gasteiger partial charge in [0, 0.05) is 6.20 Å². The summed E-state index contributed by atoms with van der Waals surface area (Å²) in [7, 11) is 0. The Kier molecular flexibility index (Phi) is 8.50.